The van der Waals surface area contributed by atoms with E-state index in [4.69, 9.17) is 15.2 Å². The Hall–Kier alpha value is -1.67. The zero-order valence-corrected chi connectivity index (χ0v) is 15.2. The van der Waals surface area contributed by atoms with E-state index in [0.717, 1.165) is 0 Å². The molecule has 1 atom stereocenters. The molecule has 3 N–H and O–H groups in total. The molecule has 0 aromatic heterocycles. The van der Waals surface area contributed by atoms with E-state index in [2.05, 4.69) is 5.32 Å². The van der Waals surface area contributed by atoms with Crippen molar-refractivity contribution in [2.75, 3.05) is 13.7 Å². The highest BCUT2D eigenvalue weighted by Gasteiger charge is 2.29. The molecule has 0 bridgehead atoms. The van der Waals surface area contributed by atoms with E-state index in [9.17, 15) is 18.0 Å². The summed E-state index contributed by atoms with van der Waals surface area (Å²) in [5.74, 6) is 0.176. The van der Waals surface area contributed by atoms with Crippen LogP contribution in [-0.2, 0) is 11.3 Å². The van der Waals surface area contributed by atoms with Crippen LogP contribution in [0.2, 0.25) is 0 Å². The van der Waals surface area contributed by atoms with Gasteiger partial charge in [0.2, 0.25) is 5.91 Å². The molecule has 0 aliphatic rings. The topological polar surface area (TPSA) is 73.6 Å². The normalized spacial score (nSPS) is 12.3. The fourth-order valence-corrected chi connectivity index (χ4v) is 2.04. The average Bonchev–Trinajstić information content (AvgIpc) is 2.49. The Bertz CT molecular complexity index is 554. The molecule has 0 aliphatic carbocycles. The van der Waals surface area contributed by atoms with E-state index in [1.54, 1.807) is 6.07 Å². The first-order chi connectivity index (χ1) is 11.1. The van der Waals surface area contributed by atoms with Crippen LogP contribution in [0.4, 0.5) is 13.2 Å². The molecule has 0 unspecified atom stereocenters. The van der Waals surface area contributed by atoms with Gasteiger partial charge in [-0.2, -0.15) is 13.2 Å². The van der Waals surface area contributed by atoms with Crippen molar-refractivity contribution in [3.05, 3.63) is 23.8 Å². The molecule has 144 valence electrons. The Balaban J connectivity index is 0.00000576. The number of alkyl halides is 3. The lowest BCUT2D eigenvalue weighted by Crippen LogP contribution is -2.41. The highest BCUT2D eigenvalue weighted by atomic mass is 35.5. The summed E-state index contributed by atoms with van der Waals surface area (Å²) in [6, 6.07) is 3.85. The van der Waals surface area contributed by atoms with E-state index in [1.807, 2.05) is 13.8 Å². The fraction of sp³-hybridized carbons (Fsp3) is 0.562. The average molecular weight is 385 g/mol. The van der Waals surface area contributed by atoms with Crippen LogP contribution in [0.25, 0.3) is 0 Å². The number of ether oxygens (including phenoxy) is 2. The van der Waals surface area contributed by atoms with Gasteiger partial charge in [-0.15, -0.1) is 12.4 Å². The van der Waals surface area contributed by atoms with Crippen LogP contribution < -0.4 is 20.5 Å². The van der Waals surface area contributed by atoms with Crippen molar-refractivity contribution in [3.63, 3.8) is 0 Å². The molecule has 0 aliphatic heterocycles. The molecule has 1 aromatic carbocycles. The van der Waals surface area contributed by atoms with Gasteiger partial charge in [0.15, 0.2) is 18.1 Å². The first kappa shape index (κ1) is 23.3. The van der Waals surface area contributed by atoms with Crippen molar-refractivity contribution in [2.24, 2.45) is 11.7 Å². The number of benzene rings is 1. The molecule has 25 heavy (non-hydrogen) atoms. The van der Waals surface area contributed by atoms with Gasteiger partial charge in [-0.3, -0.25) is 4.79 Å². The number of hydrogen-bond acceptors (Lipinski definition) is 4. The van der Waals surface area contributed by atoms with Gasteiger partial charge in [-0.1, -0.05) is 19.9 Å². The van der Waals surface area contributed by atoms with Gasteiger partial charge >= 0.3 is 6.18 Å². The Labute approximate surface area is 151 Å². The standard InChI is InChI=1S/C16H23F3N2O3.ClH/c1-10(2)6-12(20)15(22)21-8-11-4-5-13(14(7-11)23-3)24-9-16(17,18)19;/h4-5,7,10,12H,6,8-9,20H2,1-3H3,(H,21,22);1H/t12-;/m0./s1. The molecule has 0 radical (unpaired) electrons. The van der Waals surface area contributed by atoms with E-state index in [1.165, 1.54) is 19.2 Å². The van der Waals surface area contributed by atoms with Crippen molar-refractivity contribution in [1.82, 2.24) is 5.32 Å². The number of nitrogens with two attached hydrogens (primary N) is 1. The van der Waals surface area contributed by atoms with Gasteiger partial charge in [-0.25, -0.2) is 0 Å². The molecule has 9 heteroatoms. The quantitative estimate of drug-likeness (QED) is 0.722. The summed E-state index contributed by atoms with van der Waals surface area (Å²) in [6.07, 6.45) is -3.86. The maximum absolute atomic E-state index is 12.2. The maximum atomic E-state index is 12.2. The summed E-state index contributed by atoms with van der Waals surface area (Å²) in [5, 5.41) is 2.69. The number of rotatable bonds is 8. The zero-order chi connectivity index (χ0) is 18.3. The molecule has 1 aromatic rings. The summed E-state index contributed by atoms with van der Waals surface area (Å²) < 4.78 is 46.3. The van der Waals surface area contributed by atoms with Crippen molar-refractivity contribution < 1.29 is 27.4 Å². The van der Waals surface area contributed by atoms with E-state index < -0.39 is 18.8 Å². The Kier molecular flexibility index (Phi) is 9.66. The Morgan fingerprint density at radius 1 is 1.28 bits per heavy atom. The summed E-state index contributed by atoms with van der Waals surface area (Å²) in [7, 11) is 1.33. The molecule has 1 rings (SSSR count). The summed E-state index contributed by atoms with van der Waals surface area (Å²) >= 11 is 0. The summed E-state index contributed by atoms with van der Waals surface area (Å²) in [6.45, 7) is 2.74. The van der Waals surface area contributed by atoms with Crippen LogP contribution in [0.3, 0.4) is 0 Å². The molecular formula is C16H24ClF3N2O3. The van der Waals surface area contributed by atoms with Crippen LogP contribution in [0.1, 0.15) is 25.8 Å². The minimum Gasteiger partial charge on any atom is -0.493 e. The molecule has 0 saturated heterocycles. The van der Waals surface area contributed by atoms with Crippen LogP contribution in [0, 0.1) is 5.92 Å². The molecule has 1 amide bonds. The van der Waals surface area contributed by atoms with Crippen LogP contribution in [-0.4, -0.2) is 31.8 Å². The van der Waals surface area contributed by atoms with E-state index >= 15 is 0 Å². The van der Waals surface area contributed by atoms with Gasteiger partial charge in [0.1, 0.15) is 0 Å². The van der Waals surface area contributed by atoms with Crippen molar-refractivity contribution >= 4 is 18.3 Å². The zero-order valence-electron chi connectivity index (χ0n) is 14.4. The third-order valence-corrected chi connectivity index (χ3v) is 3.15. The second-order valence-electron chi connectivity index (χ2n) is 5.84. The lowest BCUT2D eigenvalue weighted by Gasteiger charge is -2.16. The van der Waals surface area contributed by atoms with Gasteiger partial charge in [-0.05, 0) is 30.0 Å². The monoisotopic (exact) mass is 384 g/mol. The predicted molar refractivity (Wildman–Crippen MR) is 91.1 cm³/mol. The maximum Gasteiger partial charge on any atom is 0.422 e. The molecular weight excluding hydrogens is 361 g/mol. The first-order valence-electron chi connectivity index (χ1n) is 7.52. The van der Waals surface area contributed by atoms with Crippen LogP contribution in [0.5, 0.6) is 11.5 Å². The second kappa shape index (κ2) is 10.4. The van der Waals surface area contributed by atoms with Gasteiger partial charge in [0, 0.05) is 6.54 Å². The molecule has 0 spiro atoms. The number of halogens is 4. The number of carbonyl (C=O) groups excluding carboxylic acids is 1. The SMILES string of the molecule is COc1cc(CNC(=O)[C@@H](N)CC(C)C)ccc1OCC(F)(F)F.Cl. The van der Waals surface area contributed by atoms with Crippen molar-refractivity contribution in [3.8, 4) is 11.5 Å². The Morgan fingerprint density at radius 2 is 1.92 bits per heavy atom. The molecule has 0 fully saturated rings. The second-order valence-corrected chi connectivity index (χ2v) is 5.84. The smallest absolute Gasteiger partial charge is 0.422 e. The van der Waals surface area contributed by atoms with E-state index in [-0.39, 0.29) is 36.4 Å². The number of hydrogen-bond donors (Lipinski definition) is 2. The van der Waals surface area contributed by atoms with Gasteiger partial charge in [0.05, 0.1) is 13.2 Å². The number of amides is 1. The number of carbonyl (C=O) groups is 1. The number of methoxy groups -OCH3 is 1. The van der Waals surface area contributed by atoms with E-state index in [0.29, 0.717) is 17.9 Å². The lowest BCUT2D eigenvalue weighted by molar-refractivity contribution is -0.153. The summed E-state index contributed by atoms with van der Waals surface area (Å²) in [4.78, 5) is 11.9. The van der Waals surface area contributed by atoms with Crippen molar-refractivity contribution in [1.29, 1.82) is 0 Å². The van der Waals surface area contributed by atoms with Crippen LogP contribution in [0.15, 0.2) is 18.2 Å². The minimum absolute atomic E-state index is 0. The van der Waals surface area contributed by atoms with Crippen molar-refractivity contribution in [2.45, 2.75) is 39.0 Å². The summed E-state index contributed by atoms with van der Waals surface area (Å²) in [5.41, 5.74) is 6.44. The fourth-order valence-electron chi connectivity index (χ4n) is 2.04. The molecule has 0 heterocycles. The highest BCUT2D eigenvalue weighted by Crippen LogP contribution is 2.29. The largest absolute Gasteiger partial charge is 0.493 e. The molecule has 5 nitrogen and oxygen atoms in total. The Morgan fingerprint density at radius 3 is 2.44 bits per heavy atom. The number of nitrogens with one attached hydrogen (secondary N) is 1. The highest BCUT2D eigenvalue weighted by molar-refractivity contribution is 5.85. The minimum atomic E-state index is -4.43. The first-order valence-corrected chi connectivity index (χ1v) is 7.52. The van der Waals surface area contributed by atoms with Crippen LogP contribution >= 0.6 is 12.4 Å². The third-order valence-electron chi connectivity index (χ3n) is 3.15. The predicted octanol–water partition coefficient (Wildman–Crippen LogP) is 3.05. The third kappa shape index (κ3) is 8.83. The van der Waals surface area contributed by atoms with Gasteiger partial charge in [0.25, 0.3) is 0 Å². The van der Waals surface area contributed by atoms with Gasteiger partial charge < -0.3 is 20.5 Å². The lowest BCUT2D eigenvalue weighted by atomic mass is 10.0. The molecule has 0 saturated carbocycles.